The number of nitriles is 1. The van der Waals surface area contributed by atoms with Gasteiger partial charge in [-0.1, -0.05) is 48.5 Å². The molecule has 3 aromatic rings. The first-order valence-corrected chi connectivity index (χ1v) is 6.12. The SMILES string of the molecule is N#C/C=C/c1c(-c2ccccc2)[nH]c2ccccc12. The Morgan fingerprint density at radius 1 is 0.947 bits per heavy atom. The number of hydrogen-bond donors (Lipinski definition) is 1. The first kappa shape index (κ1) is 11.3. The van der Waals surface area contributed by atoms with E-state index >= 15 is 0 Å². The van der Waals surface area contributed by atoms with Crippen molar-refractivity contribution in [2.24, 2.45) is 0 Å². The Bertz CT molecular complexity index is 774. The topological polar surface area (TPSA) is 39.6 Å². The predicted octanol–water partition coefficient (Wildman–Crippen LogP) is 4.37. The van der Waals surface area contributed by atoms with Crippen molar-refractivity contribution in [3.63, 3.8) is 0 Å². The van der Waals surface area contributed by atoms with Crippen LogP contribution in [0.25, 0.3) is 28.2 Å². The summed E-state index contributed by atoms with van der Waals surface area (Å²) in [7, 11) is 0. The lowest BCUT2D eigenvalue weighted by molar-refractivity contribution is 1.45. The molecule has 19 heavy (non-hydrogen) atoms. The number of para-hydroxylation sites is 1. The van der Waals surface area contributed by atoms with E-state index in [-0.39, 0.29) is 0 Å². The van der Waals surface area contributed by atoms with Crippen LogP contribution < -0.4 is 0 Å². The molecule has 0 spiro atoms. The number of rotatable bonds is 2. The molecular formula is C17H12N2. The fourth-order valence-corrected chi connectivity index (χ4v) is 2.29. The lowest BCUT2D eigenvalue weighted by atomic mass is 10.0. The van der Waals surface area contributed by atoms with Crippen molar-refractivity contribution in [2.45, 2.75) is 0 Å². The van der Waals surface area contributed by atoms with Gasteiger partial charge in [-0.15, -0.1) is 0 Å². The highest BCUT2D eigenvalue weighted by Gasteiger charge is 2.09. The van der Waals surface area contributed by atoms with Gasteiger partial charge < -0.3 is 4.98 Å². The zero-order chi connectivity index (χ0) is 13.1. The van der Waals surface area contributed by atoms with Gasteiger partial charge in [0.2, 0.25) is 0 Å². The van der Waals surface area contributed by atoms with Crippen molar-refractivity contribution < 1.29 is 0 Å². The minimum Gasteiger partial charge on any atom is -0.354 e. The van der Waals surface area contributed by atoms with E-state index in [1.807, 2.05) is 42.5 Å². The molecule has 1 aromatic heterocycles. The zero-order valence-electron chi connectivity index (χ0n) is 10.3. The summed E-state index contributed by atoms with van der Waals surface area (Å²) in [6.45, 7) is 0. The smallest absolute Gasteiger partial charge is 0.0912 e. The van der Waals surface area contributed by atoms with Crippen LogP contribution in [0.1, 0.15) is 5.56 Å². The van der Waals surface area contributed by atoms with Crippen molar-refractivity contribution in [3.8, 4) is 17.3 Å². The van der Waals surface area contributed by atoms with Gasteiger partial charge in [-0.3, -0.25) is 0 Å². The lowest BCUT2D eigenvalue weighted by Crippen LogP contribution is -1.79. The molecule has 0 unspecified atom stereocenters. The van der Waals surface area contributed by atoms with Gasteiger partial charge in [-0.2, -0.15) is 5.26 Å². The number of nitrogens with one attached hydrogen (secondary N) is 1. The summed E-state index contributed by atoms with van der Waals surface area (Å²) in [5.74, 6) is 0. The Labute approximate surface area is 111 Å². The fraction of sp³-hybridized carbons (Fsp3) is 0. The number of aromatic nitrogens is 1. The van der Waals surface area contributed by atoms with Gasteiger partial charge in [0, 0.05) is 22.5 Å². The van der Waals surface area contributed by atoms with E-state index in [1.165, 1.54) is 6.08 Å². The third-order valence-corrected chi connectivity index (χ3v) is 3.13. The number of aromatic amines is 1. The summed E-state index contributed by atoms with van der Waals surface area (Å²) in [5.41, 5.74) is 4.31. The fourth-order valence-electron chi connectivity index (χ4n) is 2.29. The van der Waals surface area contributed by atoms with E-state index in [2.05, 4.69) is 29.3 Å². The monoisotopic (exact) mass is 244 g/mol. The van der Waals surface area contributed by atoms with E-state index in [9.17, 15) is 0 Å². The molecule has 1 N–H and O–H groups in total. The molecule has 0 fully saturated rings. The second-order valence-electron chi connectivity index (χ2n) is 4.29. The maximum atomic E-state index is 8.75. The molecule has 0 radical (unpaired) electrons. The van der Waals surface area contributed by atoms with Crippen molar-refractivity contribution >= 4 is 17.0 Å². The van der Waals surface area contributed by atoms with E-state index < -0.39 is 0 Å². The Hall–Kier alpha value is -2.79. The molecule has 2 heteroatoms. The number of fused-ring (bicyclic) bond motifs is 1. The normalized spacial score (nSPS) is 10.9. The van der Waals surface area contributed by atoms with Crippen LogP contribution in [0.4, 0.5) is 0 Å². The quantitative estimate of drug-likeness (QED) is 0.668. The Morgan fingerprint density at radius 2 is 1.68 bits per heavy atom. The maximum Gasteiger partial charge on any atom is 0.0912 e. The van der Waals surface area contributed by atoms with E-state index in [1.54, 1.807) is 0 Å². The third kappa shape index (κ3) is 2.02. The molecule has 0 bridgehead atoms. The number of hydrogen-bond acceptors (Lipinski definition) is 1. The molecule has 90 valence electrons. The van der Waals surface area contributed by atoms with Crippen LogP contribution in [0, 0.1) is 11.3 Å². The Kier molecular flexibility index (Phi) is 2.88. The van der Waals surface area contributed by atoms with Gasteiger partial charge in [0.15, 0.2) is 0 Å². The predicted molar refractivity (Wildman–Crippen MR) is 78.4 cm³/mol. The van der Waals surface area contributed by atoms with Crippen LogP contribution in [-0.4, -0.2) is 4.98 Å². The average Bonchev–Trinajstić information content (AvgIpc) is 2.85. The number of nitrogens with zero attached hydrogens (tertiary/aromatic N) is 1. The minimum atomic E-state index is 1.05. The highest BCUT2D eigenvalue weighted by atomic mass is 14.7. The Balaban J connectivity index is 2.30. The van der Waals surface area contributed by atoms with E-state index in [0.717, 1.165) is 27.7 Å². The standard InChI is InChI=1S/C17H12N2/c18-12-6-10-15-14-9-4-5-11-16(14)19-17(15)13-7-2-1-3-8-13/h1-11,19H/b10-6+. The maximum absolute atomic E-state index is 8.75. The second kappa shape index (κ2) is 4.83. The molecule has 1 heterocycles. The number of allylic oxidation sites excluding steroid dienone is 1. The summed E-state index contributed by atoms with van der Waals surface area (Å²) >= 11 is 0. The summed E-state index contributed by atoms with van der Waals surface area (Å²) in [6, 6.07) is 20.3. The van der Waals surface area contributed by atoms with E-state index in [4.69, 9.17) is 5.26 Å². The first-order valence-electron chi connectivity index (χ1n) is 6.12. The molecule has 0 saturated carbocycles. The highest BCUT2D eigenvalue weighted by Crippen LogP contribution is 2.31. The van der Waals surface area contributed by atoms with Gasteiger partial charge in [-0.05, 0) is 17.7 Å². The van der Waals surface area contributed by atoms with Crippen LogP contribution in [0.15, 0.2) is 60.7 Å². The first-order chi connectivity index (χ1) is 9.40. The molecule has 0 amide bonds. The van der Waals surface area contributed by atoms with Gasteiger partial charge in [-0.25, -0.2) is 0 Å². The Morgan fingerprint density at radius 3 is 2.47 bits per heavy atom. The van der Waals surface area contributed by atoms with Crippen molar-refractivity contribution in [2.75, 3.05) is 0 Å². The number of benzene rings is 2. The van der Waals surface area contributed by atoms with Crippen LogP contribution >= 0.6 is 0 Å². The van der Waals surface area contributed by atoms with Crippen LogP contribution in [0.2, 0.25) is 0 Å². The molecule has 2 aromatic carbocycles. The lowest BCUT2D eigenvalue weighted by Gasteiger charge is -2.00. The molecule has 0 aliphatic carbocycles. The molecule has 2 nitrogen and oxygen atoms in total. The summed E-state index contributed by atoms with van der Waals surface area (Å²) in [5, 5.41) is 9.88. The van der Waals surface area contributed by atoms with Crippen LogP contribution in [-0.2, 0) is 0 Å². The third-order valence-electron chi connectivity index (χ3n) is 3.13. The van der Waals surface area contributed by atoms with Gasteiger partial charge >= 0.3 is 0 Å². The van der Waals surface area contributed by atoms with Crippen LogP contribution in [0.3, 0.4) is 0 Å². The van der Waals surface area contributed by atoms with Crippen molar-refractivity contribution in [3.05, 3.63) is 66.2 Å². The molecule has 0 saturated heterocycles. The minimum absolute atomic E-state index is 1.05. The highest BCUT2D eigenvalue weighted by molar-refractivity contribution is 5.96. The van der Waals surface area contributed by atoms with Crippen molar-refractivity contribution in [1.82, 2.24) is 4.98 Å². The van der Waals surface area contributed by atoms with Gasteiger partial charge in [0.1, 0.15) is 0 Å². The van der Waals surface area contributed by atoms with Crippen LogP contribution in [0.5, 0.6) is 0 Å². The molecule has 0 aliphatic rings. The molecule has 0 aliphatic heterocycles. The second-order valence-corrected chi connectivity index (χ2v) is 4.29. The van der Waals surface area contributed by atoms with Crippen molar-refractivity contribution in [1.29, 1.82) is 5.26 Å². The number of H-pyrrole nitrogens is 1. The van der Waals surface area contributed by atoms with Gasteiger partial charge in [0.05, 0.1) is 11.8 Å². The van der Waals surface area contributed by atoms with Gasteiger partial charge in [0.25, 0.3) is 0 Å². The average molecular weight is 244 g/mol. The largest absolute Gasteiger partial charge is 0.354 e. The zero-order valence-corrected chi connectivity index (χ0v) is 10.3. The summed E-state index contributed by atoms with van der Waals surface area (Å²) in [4.78, 5) is 3.43. The molecule has 3 rings (SSSR count). The summed E-state index contributed by atoms with van der Waals surface area (Å²) < 4.78 is 0. The summed E-state index contributed by atoms with van der Waals surface area (Å²) in [6.07, 6.45) is 3.38. The molecule has 0 atom stereocenters. The van der Waals surface area contributed by atoms with E-state index in [0.29, 0.717) is 0 Å². The molecular weight excluding hydrogens is 232 g/mol.